The lowest BCUT2D eigenvalue weighted by Gasteiger charge is -2.19. The highest BCUT2D eigenvalue weighted by Crippen LogP contribution is 2.29. The Bertz CT molecular complexity index is 968. The summed E-state index contributed by atoms with van der Waals surface area (Å²) >= 11 is 0. The maximum Gasteiger partial charge on any atom is 0.161 e. The van der Waals surface area contributed by atoms with Crippen molar-refractivity contribution in [2.45, 2.75) is 39.3 Å². The molecule has 28 heavy (non-hydrogen) atoms. The fourth-order valence-electron chi connectivity index (χ4n) is 3.27. The second kappa shape index (κ2) is 8.48. The van der Waals surface area contributed by atoms with Crippen LogP contribution in [0.4, 0.5) is 0 Å². The molecule has 0 saturated carbocycles. The molecule has 0 spiro atoms. The number of ether oxygens (including phenoxy) is 2. The minimum Gasteiger partial charge on any atom is -0.493 e. The number of aliphatic hydroxyl groups is 1. The third-order valence-electron chi connectivity index (χ3n) is 4.53. The van der Waals surface area contributed by atoms with Crippen molar-refractivity contribution in [1.82, 2.24) is 9.55 Å². The van der Waals surface area contributed by atoms with Gasteiger partial charge in [-0.1, -0.05) is 30.4 Å². The van der Waals surface area contributed by atoms with Crippen LogP contribution >= 0.6 is 0 Å². The van der Waals surface area contributed by atoms with E-state index in [1.54, 1.807) is 21.0 Å². The van der Waals surface area contributed by atoms with Crippen LogP contribution in [0.5, 0.6) is 11.5 Å². The van der Waals surface area contributed by atoms with Crippen molar-refractivity contribution < 1.29 is 14.6 Å². The van der Waals surface area contributed by atoms with Gasteiger partial charge >= 0.3 is 0 Å². The molecule has 1 heterocycles. The molecule has 5 heteroatoms. The number of imidazole rings is 1. The maximum absolute atomic E-state index is 10.5. The van der Waals surface area contributed by atoms with E-state index in [9.17, 15) is 5.11 Å². The lowest BCUT2D eigenvalue weighted by Crippen LogP contribution is -2.22. The summed E-state index contributed by atoms with van der Waals surface area (Å²) in [5, 5.41) is 10.5. The summed E-state index contributed by atoms with van der Waals surface area (Å²) in [5.74, 6) is 2.12. The second-order valence-corrected chi connectivity index (χ2v) is 7.25. The van der Waals surface area contributed by atoms with Crippen LogP contribution in [0, 0.1) is 0 Å². The van der Waals surface area contributed by atoms with E-state index in [0.717, 1.165) is 34.5 Å². The number of hydrogen-bond acceptors (Lipinski definition) is 4. The number of benzene rings is 2. The third kappa shape index (κ3) is 4.37. The molecular formula is C23H28N2O3. The molecule has 0 amide bonds. The van der Waals surface area contributed by atoms with E-state index in [1.807, 2.05) is 61.5 Å². The first-order valence-electron chi connectivity index (χ1n) is 9.55. The Morgan fingerprint density at radius 1 is 1.14 bits per heavy atom. The van der Waals surface area contributed by atoms with E-state index in [4.69, 9.17) is 9.47 Å². The molecule has 0 saturated heterocycles. The van der Waals surface area contributed by atoms with E-state index < -0.39 is 5.60 Å². The fourth-order valence-corrected chi connectivity index (χ4v) is 3.27. The van der Waals surface area contributed by atoms with Crippen LogP contribution in [0.2, 0.25) is 0 Å². The van der Waals surface area contributed by atoms with Crippen LogP contribution in [0.15, 0.2) is 48.5 Å². The van der Waals surface area contributed by atoms with E-state index in [0.29, 0.717) is 19.0 Å². The predicted octanol–water partition coefficient (Wildman–Crippen LogP) is 4.77. The molecule has 0 aliphatic carbocycles. The van der Waals surface area contributed by atoms with Crippen LogP contribution in [0.3, 0.4) is 0 Å². The Hall–Kier alpha value is -2.79. The SMILES string of the molecule is C/C=C/c1ccc(OCCCn2c(C(C)(C)O)nc3ccccc32)c(OC)c1. The molecule has 5 nitrogen and oxygen atoms in total. The zero-order valence-electron chi connectivity index (χ0n) is 17.0. The standard InChI is InChI=1S/C23H28N2O3/c1-5-9-17-12-13-20(21(16-17)27-4)28-15-8-14-25-19-11-7-6-10-18(19)24-22(25)23(2,3)26/h5-7,9-13,16,26H,8,14-15H2,1-4H3/b9-5+. The third-order valence-corrected chi connectivity index (χ3v) is 4.53. The molecule has 0 aliphatic rings. The van der Waals surface area contributed by atoms with Crippen molar-refractivity contribution in [1.29, 1.82) is 0 Å². The van der Waals surface area contributed by atoms with Gasteiger partial charge in [0.15, 0.2) is 11.5 Å². The molecule has 1 aromatic heterocycles. The molecule has 0 radical (unpaired) electrons. The first-order valence-corrected chi connectivity index (χ1v) is 9.55. The summed E-state index contributed by atoms with van der Waals surface area (Å²) in [5.41, 5.74) is 1.98. The number of hydrogen-bond donors (Lipinski definition) is 1. The molecule has 0 atom stereocenters. The number of rotatable bonds is 8. The first kappa shape index (κ1) is 20.0. The van der Waals surface area contributed by atoms with Crippen LogP contribution in [0.1, 0.15) is 38.6 Å². The molecule has 3 rings (SSSR count). The van der Waals surface area contributed by atoms with Crippen LogP contribution < -0.4 is 9.47 Å². The summed E-state index contributed by atoms with van der Waals surface area (Å²) in [6, 6.07) is 13.8. The normalized spacial score (nSPS) is 12.0. The van der Waals surface area contributed by atoms with Gasteiger partial charge in [0.25, 0.3) is 0 Å². The molecule has 2 aromatic carbocycles. The van der Waals surface area contributed by atoms with E-state index in [1.165, 1.54) is 0 Å². The van der Waals surface area contributed by atoms with Gasteiger partial charge in [-0.05, 0) is 57.0 Å². The van der Waals surface area contributed by atoms with Crippen molar-refractivity contribution in [3.05, 3.63) is 59.9 Å². The number of methoxy groups -OCH3 is 1. The largest absolute Gasteiger partial charge is 0.493 e. The van der Waals surface area contributed by atoms with Crippen LogP contribution in [-0.4, -0.2) is 28.4 Å². The highest BCUT2D eigenvalue weighted by atomic mass is 16.5. The topological polar surface area (TPSA) is 56.5 Å². The lowest BCUT2D eigenvalue weighted by molar-refractivity contribution is 0.0649. The monoisotopic (exact) mass is 380 g/mol. The van der Waals surface area contributed by atoms with Gasteiger partial charge in [0.05, 0.1) is 24.8 Å². The quantitative estimate of drug-likeness (QED) is 0.572. The van der Waals surface area contributed by atoms with Gasteiger partial charge in [0.1, 0.15) is 11.4 Å². The van der Waals surface area contributed by atoms with Crippen molar-refractivity contribution in [2.24, 2.45) is 0 Å². The van der Waals surface area contributed by atoms with Crippen molar-refractivity contribution in [2.75, 3.05) is 13.7 Å². The minimum absolute atomic E-state index is 0.539. The van der Waals surface area contributed by atoms with Gasteiger partial charge < -0.3 is 19.1 Å². The number of aryl methyl sites for hydroxylation is 1. The maximum atomic E-state index is 10.5. The number of allylic oxidation sites excluding steroid dienone is 1. The fraction of sp³-hybridized carbons (Fsp3) is 0.348. The average Bonchev–Trinajstić information content (AvgIpc) is 3.05. The van der Waals surface area contributed by atoms with Gasteiger partial charge in [-0.25, -0.2) is 4.98 Å². The van der Waals surface area contributed by atoms with Gasteiger partial charge in [0.2, 0.25) is 0 Å². The van der Waals surface area contributed by atoms with Gasteiger partial charge in [-0.15, -0.1) is 0 Å². The summed E-state index contributed by atoms with van der Waals surface area (Å²) in [4.78, 5) is 4.62. The van der Waals surface area contributed by atoms with E-state index >= 15 is 0 Å². The Balaban J connectivity index is 1.71. The van der Waals surface area contributed by atoms with Crippen molar-refractivity contribution in [3.8, 4) is 11.5 Å². The van der Waals surface area contributed by atoms with Gasteiger partial charge in [0, 0.05) is 6.54 Å². The van der Waals surface area contributed by atoms with Crippen LogP contribution in [-0.2, 0) is 12.1 Å². The van der Waals surface area contributed by atoms with E-state index in [2.05, 4.69) is 9.55 Å². The first-order chi connectivity index (χ1) is 13.4. The minimum atomic E-state index is -1.01. The molecule has 3 aromatic rings. The molecule has 0 aliphatic heterocycles. The van der Waals surface area contributed by atoms with E-state index in [-0.39, 0.29) is 0 Å². The van der Waals surface area contributed by atoms with Gasteiger partial charge in [-0.2, -0.15) is 0 Å². The van der Waals surface area contributed by atoms with Crippen molar-refractivity contribution in [3.63, 3.8) is 0 Å². The Morgan fingerprint density at radius 3 is 2.64 bits per heavy atom. The van der Waals surface area contributed by atoms with Crippen molar-refractivity contribution >= 4 is 17.1 Å². The Labute approximate surface area is 166 Å². The number of fused-ring (bicyclic) bond motifs is 1. The summed E-state index contributed by atoms with van der Waals surface area (Å²) < 4.78 is 13.5. The summed E-state index contributed by atoms with van der Waals surface area (Å²) in [7, 11) is 1.65. The highest BCUT2D eigenvalue weighted by molar-refractivity contribution is 5.76. The number of para-hydroxylation sites is 2. The molecule has 0 bridgehead atoms. The molecule has 1 N–H and O–H groups in total. The molecular weight excluding hydrogens is 352 g/mol. The highest BCUT2D eigenvalue weighted by Gasteiger charge is 2.24. The summed E-state index contributed by atoms with van der Waals surface area (Å²) in [6.45, 7) is 6.76. The van der Waals surface area contributed by atoms with Gasteiger partial charge in [-0.3, -0.25) is 0 Å². The molecule has 0 fully saturated rings. The number of aromatic nitrogens is 2. The van der Waals surface area contributed by atoms with Crippen LogP contribution in [0.25, 0.3) is 17.1 Å². The Morgan fingerprint density at radius 2 is 1.93 bits per heavy atom. The smallest absolute Gasteiger partial charge is 0.161 e. The zero-order chi connectivity index (χ0) is 20.1. The lowest BCUT2D eigenvalue weighted by atomic mass is 10.1. The second-order valence-electron chi connectivity index (χ2n) is 7.25. The predicted molar refractivity (Wildman–Crippen MR) is 113 cm³/mol. The Kier molecular flexibility index (Phi) is 6.05. The zero-order valence-corrected chi connectivity index (χ0v) is 17.0. The average molecular weight is 380 g/mol. The molecule has 0 unspecified atom stereocenters. The molecule has 148 valence electrons. The summed E-state index contributed by atoms with van der Waals surface area (Å²) in [6.07, 6.45) is 4.79. The number of nitrogens with zero attached hydrogens (tertiary/aromatic N) is 2.